The molecule has 1 aliphatic rings. The first-order valence-electron chi connectivity index (χ1n) is 9.29. The highest BCUT2D eigenvalue weighted by Gasteiger charge is 2.25. The highest BCUT2D eigenvalue weighted by Crippen LogP contribution is 2.18. The van der Waals surface area contributed by atoms with Gasteiger partial charge in [-0.1, -0.05) is 71.1 Å². The Hall–Kier alpha value is -1.32. The van der Waals surface area contributed by atoms with Gasteiger partial charge < -0.3 is 10.1 Å². The molecule has 23 heavy (non-hydrogen) atoms. The van der Waals surface area contributed by atoms with E-state index in [-0.39, 0.29) is 17.9 Å². The third-order valence-corrected chi connectivity index (χ3v) is 4.35. The van der Waals surface area contributed by atoms with Crippen LogP contribution in [0.2, 0.25) is 0 Å². The fourth-order valence-corrected chi connectivity index (χ4v) is 3.04. The maximum Gasteiger partial charge on any atom is 0.336 e. The molecule has 0 radical (unpaired) electrons. The van der Waals surface area contributed by atoms with Gasteiger partial charge in [0.25, 0.3) is 0 Å². The van der Waals surface area contributed by atoms with Crippen molar-refractivity contribution in [1.82, 2.24) is 5.32 Å². The summed E-state index contributed by atoms with van der Waals surface area (Å²) in [5, 5.41) is 2.87. The van der Waals surface area contributed by atoms with Gasteiger partial charge in [-0.05, 0) is 12.5 Å². The summed E-state index contributed by atoms with van der Waals surface area (Å²) >= 11 is 0. The minimum atomic E-state index is -0.282. The molecule has 132 valence electrons. The number of cyclic esters (lactones) is 1. The molecule has 0 fully saturated rings. The molecule has 1 aliphatic heterocycles. The topological polar surface area (TPSA) is 55.4 Å². The largest absolute Gasteiger partial charge is 0.458 e. The van der Waals surface area contributed by atoms with Crippen molar-refractivity contribution in [3.63, 3.8) is 0 Å². The molecule has 0 aromatic carbocycles. The fraction of sp³-hybridized carbons (Fsp3) is 0.789. The Morgan fingerprint density at radius 1 is 1.09 bits per heavy atom. The Bertz CT molecular complexity index is 390. The van der Waals surface area contributed by atoms with Gasteiger partial charge in [-0.2, -0.15) is 0 Å². The number of hydrogen-bond donors (Lipinski definition) is 1. The first kappa shape index (κ1) is 19.7. The molecular weight excluding hydrogens is 290 g/mol. The first-order valence-corrected chi connectivity index (χ1v) is 9.29. The Balaban J connectivity index is 2.11. The number of unbranched alkanes of at least 4 members (excludes halogenated alkanes) is 9. The number of rotatable bonds is 13. The average Bonchev–Trinajstić information content (AvgIpc) is 2.93. The van der Waals surface area contributed by atoms with Gasteiger partial charge in [0.2, 0.25) is 5.91 Å². The number of carbonyl (C=O) groups excluding carboxylic acids is 2. The number of ether oxygens (including phenoxy) is 1. The van der Waals surface area contributed by atoms with Crippen molar-refractivity contribution in [2.45, 2.75) is 90.5 Å². The van der Waals surface area contributed by atoms with Crippen LogP contribution in [0.4, 0.5) is 0 Å². The molecular formula is C19H33NO3. The summed E-state index contributed by atoms with van der Waals surface area (Å²) in [5.74, 6) is -0.376. The molecule has 1 atom stereocenters. The van der Waals surface area contributed by atoms with E-state index in [1.807, 2.05) is 0 Å². The summed E-state index contributed by atoms with van der Waals surface area (Å²) < 4.78 is 4.94. The average molecular weight is 323 g/mol. The zero-order chi connectivity index (χ0) is 16.9. The van der Waals surface area contributed by atoms with Crippen LogP contribution >= 0.6 is 0 Å². The van der Waals surface area contributed by atoms with Gasteiger partial charge in [0.1, 0.15) is 6.61 Å². The van der Waals surface area contributed by atoms with Crippen LogP contribution in [0.15, 0.2) is 11.6 Å². The number of hydrogen-bond acceptors (Lipinski definition) is 3. The van der Waals surface area contributed by atoms with Crippen LogP contribution in [-0.4, -0.2) is 24.5 Å². The second kappa shape index (κ2) is 12.1. The summed E-state index contributed by atoms with van der Waals surface area (Å²) in [6, 6.07) is -0.184. The van der Waals surface area contributed by atoms with Crippen molar-refractivity contribution < 1.29 is 14.3 Å². The number of nitrogens with one attached hydrogen (secondary N) is 1. The molecule has 0 bridgehead atoms. The molecule has 1 amide bonds. The quantitative estimate of drug-likeness (QED) is 0.406. The lowest BCUT2D eigenvalue weighted by molar-refractivity contribution is -0.136. The van der Waals surface area contributed by atoms with E-state index in [4.69, 9.17) is 4.74 Å². The predicted molar refractivity (Wildman–Crippen MR) is 93.1 cm³/mol. The van der Waals surface area contributed by atoms with Crippen LogP contribution in [0, 0.1) is 0 Å². The van der Waals surface area contributed by atoms with E-state index >= 15 is 0 Å². The zero-order valence-corrected chi connectivity index (χ0v) is 14.9. The van der Waals surface area contributed by atoms with Crippen molar-refractivity contribution in [3.8, 4) is 0 Å². The van der Waals surface area contributed by atoms with Crippen LogP contribution in [0.25, 0.3) is 0 Å². The van der Waals surface area contributed by atoms with Gasteiger partial charge >= 0.3 is 5.97 Å². The highest BCUT2D eigenvalue weighted by atomic mass is 16.5. The second-order valence-corrected chi connectivity index (χ2v) is 6.48. The van der Waals surface area contributed by atoms with Crippen molar-refractivity contribution in [3.05, 3.63) is 11.6 Å². The van der Waals surface area contributed by atoms with E-state index in [9.17, 15) is 9.59 Å². The van der Waals surface area contributed by atoms with E-state index < -0.39 is 0 Å². The lowest BCUT2D eigenvalue weighted by Crippen LogP contribution is -2.36. The van der Waals surface area contributed by atoms with Crippen LogP contribution in [0.1, 0.15) is 84.5 Å². The molecule has 1 heterocycles. The Labute approximate surface area is 141 Å². The Morgan fingerprint density at radius 2 is 1.65 bits per heavy atom. The molecule has 1 N–H and O–H groups in total. The van der Waals surface area contributed by atoms with Crippen molar-refractivity contribution in [1.29, 1.82) is 0 Å². The normalized spacial score (nSPS) is 15.2. The zero-order valence-electron chi connectivity index (χ0n) is 14.9. The monoisotopic (exact) mass is 323 g/mol. The van der Waals surface area contributed by atoms with E-state index in [1.165, 1.54) is 58.3 Å². The standard InChI is InChI=1S/C19H33NO3/c1-3-4-5-6-7-8-9-10-11-12-13-18(20-16(2)21)17-14-15-23-19(17)22/h14,18H,3-13,15H2,1-2H3,(H,20,21). The molecule has 0 saturated heterocycles. The summed E-state index contributed by atoms with van der Waals surface area (Å²) in [6.45, 7) is 4.07. The summed E-state index contributed by atoms with van der Waals surface area (Å²) in [7, 11) is 0. The van der Waals surface area contributed by atoms with Crippen molar-refractivity contribution in [2.75, 3.05) is 6.61 Å². The highest BCUT2D eigenvalue weighted by molar-refractivity contribution is 5.92. The van der Waals surface area contributed by atoms with Crippen LogP contribution in [0.5, 0.6) is 0 Å². The van der Waals surface area contributed by atoms with E-state index in [2.05, 4.69) is 12.2 Å². The molecule has 0 spiro atoms. The second-order valence-electron chi connectivity index (χ2n) is 6.48. The molecule has 0 aromatic heterocycles. The third-order valence-electron chi connectivity index (χ3n) is 4.35. The predicted octanol–water partition coefficient (Wildman–Crippen LogP) is 4.29. The number of esters is 1. The molecule has 1 rings (SSSR count). The fourth-order valence-electron chi connectivity index (χ4n) is 3.04. The maximum atomic E-state index is 11.6. The third kappa shape index (κ3) is 8.77. The number of carbonyl (C=O) groups is 2. The molecule has 0 aliphatic carbocycles. The van der Waals surface area contributed by atoms with Crippen LogP contribution < -0.4 is 5.32 Å². The van der Waals surface area contributed by atoms with E-state index in [1.54, 1.807) is 6.08 Å². The Kier molecular flexibility index (Phi) is 10.4. The van der Waals surface area contributed by atoms with Gasteiger partial charge in [0.15, 0.2) is 0 Å². The lowest BCUT2D eigenvalue weighted by Gasteiger charge is -2.17. The summed E-state index contributed by atoms with van der Waals surface area (Å²) in [6.07, 6.45) is 15.4. The minimum Gasteiger partial charge on any atom is -0.458 e. The summed E-state index contributed by atoms with van der Waals surface area (Å²) in [4.78, 5) is 22.9. The van der Waals surface area contributed by atoms with Gasteiger partial charge in [-0.25, -0.2) is 4.79 Å². The summed E-state index contributed by atoms with van der Waals surface area (Å²) in [5.41, 5.74) is 0.621. The molecule has 4 nitrogen and oxygen atoms in total. The van der Waals surface area contributed by atoms with E-state index in [0.29, 0.717) is 12.2 Å². The lowest BCUT2D eigenvalue weighted by atomic mass is 9.99. The van der Waals surface area contributed by atoms with Crippen molar-refractivity contribution >= 4 is 11.9 Å². The number of amides is 1. The molecule has 0 aromatic rings. The van der Waals surface area contributed by atoms with Crippen LogP contribution in [0.3, 0.4) is 0 Å². The smallest absolute Gasteiger partial charge is 0.336 e. The van der Waals surface area contributed by atoms with Gasteiger partial charge in [-0.15, -0.1) is 0 Å². The molecule has 0 saturated carbocycles. The SMILES string of the molecule is CCCCCCCCCCCCC(NC(C)=O)C1=CCOC1=O. The Morgan fingerprint density at radius 3 is 2.13 bits per heavy atom. The maximum absolute atomic E-state index is 11.6. The van der Waals surface area contributed by atoms with Crippen molar-refractivity contribution in [2.24, 2.45) is 0 Å². The van der Waals surface area contributed by atoms with Crippen LogP contribution in [-0.2, 0) is 14.3 Å². The van der Waals surface area contributed by atoms with Gasteiger partial charge in [-0.3, -0.25) is 4.79 Å². The minimum absolute atomic E-state index is 0.0947. The van der Waals surface area contributed by atoms with E-state index in [0.717, 1.165) is 19.3 Å². The van der Waals surface area contributed by atoms with Gasteiger partial charge in [0.05, 0.1) is 11.6 Å². The molecule has 1 unspecified atom stereocenters. The molecule has 4 heteroatoms. The van der Waals surface area contributed by atoms with Gasteiger partial charge in [0, 0.05) is 6.92 Å². The first-order chi connectivity index (χ1) is 11.1.